The van der Waals surface area contributed by atoms with Crippen molar-refractivity contribution in [2.24, 2.45) is 0 Å². The molecule has 0 aliphatic rings. The van der Waals surface area contributed by atoms with Gasteiger partial charge in [-0.25, -0.2) is 9.78 Å². The number of nitrogens with one attached hydrogen (secondary N) is 2. The summed E-state index contributed by atoms with van der Waals surface area (Å²) in [5.74, 6) is 1.55. The number of ether oxygens (including phenoxy) is 3. The number of anilines is 2. The van der Waals surface area contributed by atoms with E-state index in [0.717, 1.165) is 55.8 Å². The third-order valence-corrected chi connectivity index (χ3v) is 5.29. The number of aryl methyl sites for hydroxylation is 1. The number of alkyl carbamates (subject to hydrolysis) is 1. The minimum Gasteiger partial charge on any atom is -0.497 e. The van der Waals surface area contributed by atoms with Gasteiger partial charge in [0.15, 0.2) is 0 Å². The lowest BCUT2D eigenvalue weighted by Gasteiger charge is -2.16. The molecule has 0 fully saturated rings. The molecule has 1 heterocycles. The number of methoxy groups -OCH3 is 2. The molecule has 1 aromatic heterocycles. The fraction of sp³-hybridized carbons (Fsp3) is 0.200. The summed E-state index contributed by atoms with van der Waals surface area (Å²) in [6, 6.07) is 17.6. The summed E-state index contributed by atoms with van der Waals surface area (Å²) < 4.78 is 16.1. The van der Waals surface area contributed by atoms with E-state index in [1.165, 1.54) is 7.05 Å². The van der Waals surface area contributed by atoms with E-state index in [4.69, 9.17) is 19.2 Å². The largest absolute Gasteiger partial charge is 0.497 e. The molecule has 7 heteroatoms. The first-order valence-electron chi connectivity index (χ1n) is 10.2. The maximum absolute atomic E-state index is 11.3. The average molecular weight is 431 g/mol. The standard InChI is InChI=1S/C25H25N3O4/c1-15-11-21-20(13-23(15)31-4)24(19-10-9-18(30-3)12-22(19)28-21)27-17-7-5-16(6-8-17)14-32-25(29)26-2/h5-13H,14H2,1-4H3,(H,26,29)(H,27,28). The number of fused-ring (bicyclic) bond motifs is 2. The van der Waals surface area contributed by atoms with Gasteiger partial charge in [0.2, 0.25) is 0 Å². The number of aromatic nitrogens is 1. The van der Waals surface area contributed by atoms with Crippen LogP contribution in [0.2, 0.25) is 0 Å². The Hall–Kier alpha value is -4.00. The van der Waals surface area contributed by atoms with Crippen LogP contribution in [-0.2, 0) is 11.3 Å². The molecule has 0 spiro atoms. The smallest absolute Gasteiger partial charge is 0.407 e. The second-order valence-corrected chi connectivity index (χ2v) is 7.36. The van der Waals surface area contributed by atoms with Gasteiger partial charge in [0.05, 0.1) is 30.9 Å². The van der Waals surface area contributed by atoms with Gasteiger partial charge in [-0.3, -0.25) is 0 Å². The monoisotopic (exact) mass is 431 g/mol. The van der Waals surface area contributed by atoms with Gasteiger partial charge in [0.25, 0.3) is 0 Å². The fourth-order valence-electron chi connectivity index (χ4n) is 3.59. The van der Waals surface area contributed by atoms with Gasteiger partial charge in [0, 0.05) is 29.6 Å². The lowest BCUT2D eigenvalue weighted by molar-refractivity contribution is 0.142. The first kappa shape index (κ1) is 21.2. The lowest BCUT2D eigenvalue weighted by Crippen LogP contribution is -2.18. The Balaban J connectivity index is 1.77. The van der Waals surface area contributed by atoms with Crippen LogP contribution in [0, 0.1) is 6.92 Å². The third-order valence-electron chi connectivity index (χ3n) is 5.29. The molecule has 0 atom stereocenters. The van der Waals surface area contributed by atoms with E-state index in [-0.39, 0.29) is 6.61 Å². The van der Waals surface area contributed by atoms with Gasteiger partial charge in [-0.15, -0.1) is 0 Å². The van der Waals surface area contributed by atoms with Crippen molar-refractivity contribution in [3.05, 3.63) is 65.7 Å². The summed E-state index contributed by atoms with van der Waals surface area (Å²) in [6.45, 7) is 2.21. The number of benzene rings is 3. The molecule has 0 aliphatic carbocycles. The molecule has 4 aromatic rings. The van der Waals surface area contributed by atoms with Gasteiger partial charge in [-0.05, 0) is 54.4 Å². The summed E-state index contributed by atoms with van der Waals surface area (Å²) in [7, 11) is 4.84. The van der Waals surface area contributed by atoms with E-state index < -0.39 is 6.09 Å². The molecule has 32 heavy (non-hydrogen) atoms. The summed E-state index contributed by atoms with van der Waals surface area (Å²) >= 11 is 0. The molecule has 2 N–H and O–H groups in total. The Morgan fingerprint density at radius 3 is 2.38 bits per heavy atom. The molecule has 0 aliphatic heterocycles. The molecule has 164 valence electrons. The van der Waals surface area contributed by atoms with Crippen molar-refractivity contribution in [2.75, 3.05) is 26.6 Å². The number of pyridine rings is 1. The summed E-state index contributed by atoms with van der Waals surface area (Å²) in [5.41, 5.74) is 5.44. The van der Waals surface area contributed by atoms with E-state index in [2.05, 4.69) is 10.6 Å². The number of hydrogen-bond acceptors (Lipinski definition) is 6. The Labute approximate surface area is 186 Å². The zero-order chi connectivity index (χ0) is 22.7. The van der Waals surface area contributed by atoms with Gasteiger partial charge < -0.3 is 24.8 Å². The van der Waals surface area contributed by atoms with Crippen LogP contribution in [0.5, 0.6) is 11.5 Å². The maximum Gasteiger partial charge on any atom is 0.407 e. The van der Waals surface area contributed by atoms with E-state index in [0.29, 0.717) is 0 Å². The van der Waals surface area contributed by atoms with Crippen molar-refractivity contribution in [1.29, 1.82) is 0 Å². The number of carbonyl (C=O) groups excluding carboxylic acids is 1. The summed E-state index contributed by atoms with van der Waals surface area (Å²) in [5, 5.41) is 7.91. The number of nitrogens with zero attached hydrogens (tertiary/aromatic N) is 1. The fourth-order valence-corrected chi connectivity index (χ4v) is 3.59. The van der Waals surface area contributed by atoms with Crippen LogP contribution in [0.4, 0.5) is 16.2 Å². The molecule has 1 amide bonds. The molecule has 3 aromatic carbocycles. The third kappa shape index (κ3) is 4.23. The second-order valence-electron chi connectivity index (χ2n) is 7.36. The zero-order valence-corrected chi connectivity index (χ0v) is 18.5. The van der Waals surface area contributed by atoms with Crippen molar-refractivity contribution in [1.82, 2.24) is 10.3 Å². The van der Waals surface area contributed by atoms with Crippen molar-refractivity contribution < 1.29 is 19.0 Å². The van der Waals surface area contributed by atoms with Crippen molar-refractivity contribution in [2.45, 2.75) is 13.5 Å². The highest BCUT2D eigenvalue weighted by Crippen LogP contribution is 2.37. The lowest BCUT2D eigenvalue weighted by atomic mass is 10.0. The molecule has 0 unspecified atom stereocenters. The number of hydrogen-bond donors (Lipinski definition) is 2. The SMILES string of the molecule is CNC(=O)OCc1ccc(Nc2c3ccc(OC)cc3nc3cc(C)c(OC)cc23)cc1. The van der Waals surface area contributed by atoms with Crippen LogP contribution in [0.3, 0.4) is 0 Å². The predicted octanol–water partition coefficient (Wildman–Crippen LogP) is 5.31. The Morgan fingerprint density at radius 1 is 0.938 bits per heavy atom. The zero-order valence-electron chi connectivity index (χ0n) is 18.5. The quantitative estimate of drug-likeness (QED) is 0.403. The Morgan fingerprint density at radius 2 is 1.69 bits per heavy atom. The average Bonchev–Trinajstić information content (AvgIpc) is 2.82. The topological polar surface area (TPSA) is 81.7 Å². The molecule has 0 bridgehead atoms. The van der Waals surface area contributed by atoms with E-state index >= 15 is 0 Å². The highest BCUT2D eigenvalue weighted by Gasteiger charge is 2.13. The predicted molar refractivity (Wildman–Crippen MR) is 126 cm³/mol. The van der Waals surface area contributed by atoms with Crippen molar-refractivity contribution >= 4 is 39.3 Å². The van der Waals surface area contributed by atoms with Crippen LogP contribution >= 0.6 is 0 Å². The van der Waals surface area contributed by atoms with Crippen LogP contribution in [-0.4, -0.2) is 32.3 Å². The van der Waals surface area contributed by atoms with Crippen LogP contribution in [0.1, 0.15) is 11.1 Å². The van der Waals surface area contributed by atoms with Gasteiger partial charge >= 0.3 is 6.09 Å². The molecule has 0 radical (unpaired) electrons. The minimum absolute atomic E-state index is 0.206. The van der Waals surface area contributed by atoms with Gasteiger partial charge in [-0.2, -0.15) is 0 Å². The highest BCUT2D eigenvalue weighted by atomic mass is 16.5. The minimum atomic E-state index is -0.457. The van der Waals surface area contributed by atoms with Crippen LogP contribution in [0.15, 0.2) is 54.6 Å². The Kier molecular flexibility index (Phi) is 5.98. The first-order valence-corrected chi connectivity index (χ1v) is 10.2. The van der Waals surface area contributed by atoms with Gasteiger partial charge in [-0.1, -0.05) is 12.1 Å². The number of rotatable bonds is 6. The number of amides is 1. The maximum atomic E-state index is 11.3. The normalized spacial score (nSPS) is 10.8. The number of carbonyl (C=O) groups is 1. The van der Waals surface area contributed by atoms with E-state index in [9.17, 15) is 4.79 Å². The Bertz CT molecular complexity index is 1290. The van der Waals surface area contributed by atoms with Crippen molar-refractivity contribution in [3.8, 4) is 11.5 Å². The highest BCUT2D eigenvalue weighted by molar-refractivity contribution is 6.09. The molecule has 7 nitrogen and oxygen atoms in total. The second kappa shape index (κ2) is 9.01. The summed E-state index contributed by atoms with van der Waals surface area (Å²) in [6.07, 6.45) is -0.457. The van der Waals surface area contributed by atoms with Gasteiger partial charge in [0.1, 0.15) is 18.1 Å². The van der Waals surface area contributed by atoms with Crippen LogP contribution in [0.25, 0.3) is 21.8 Å². The first-order chi connectivity index (χ1) is 15.5. The van der Waals surface area contributed by atoms with E-state index in [1.54, 1.807) is 14.2 Å². The van der Waals surface area contributed by atoms with Crippen molar-refractivity contribution in [3.63, 3.8) is 0 Å². The van der Waals surface area contributed by atoms with E-state index in [1.807, 2.05) is 61.5 Å². The molecular formula is C25H25N3O4. The van der Waals surface area contributed by atoms with Crippen LogP contribution < -0.4 is 20.1 Å². The molecule has 0 saturated heterocycles. The molecule has 4 rings (SSSR count). The summed E-state index contributed by atoms with van der Waals surface area (Å²) in [4.78, 5) is 16.2. The molecular weight excluding hydrogens is 406 g/mol. The molecule has 0 saturated carbocycles.